The van der Waals surface area contributed by atoms with Gasteiger partial charge in [0.25, 0.3) is 0 Å². The minimum Gasteiger partial charge on any atom is -0.300 e. The molecule has 0 atom stereocenters. The van der Waals surface area contributed by atoms with Gasteiger partial charge in [-0.1, -0.05) is 46.4 Å². The zero-order valence-electron chi connectivity index (χ0n) is 17.0. The van der Waals surface area contributed by atoms with Crippen molar-refractivity contribution in [1.29, 1.82) is 0 Å². The van der Waals surface area contributed by atoms with Crippen LogP contribution < -0.4 is 5.32 Å². The summed E-state index contributed by atoms with van der Waals surface area (Å²) in [5, 5.41) is 9.96. The summed E-state index contributed by atoms with van der Waals surface area (Å²) in [4.78, 5) is 12.0. The Kier molecular flexibility index (Phi) is 9.17. The maximum atomic E-state index is 13.7. The predicted octanol–water partition coefficient (Wildman–Crippen LogP) is 6.20. The lowest BCUT2D eigenvalue weighted by molar-refractivity contribution is -0.115. The second kappa shape index (κ2) is 11.4. The van der Waals surface area contributed by atoms with Crippen molar-refractivity contribution in [1.82, 2.24) is 10.2 Å². The number of thioether (sulfide) groups is 1. The van der Waals surface area contributed by atoms with Crippen LogP contribution in [0.5, 0.6) is 0 Å². The van der Waals surface area contributed by atoms with Gasteiger partial charge in [-0.3, -0.25) is 4.79 Å². The van der Waals surface area contributed by atoms with Gasteiger partial charge >= 0.3 is 0 Å². The van der Waals surface area contributed by atoms with E-state index < -0.39 is 47.0 Å². The van der Waals surface area contributed by atoms with Crippen LogP contribution in [-0.4, -0.2) is 21.9 Å². The summed E-state index contributed by atoms with van der Waals surface area (Å²) in [6, 6.07) is 0. The van der Waals surface area contributed by atoms with Crippen LogP contribution in [0.25, 0.3) is 0 Å². The highest BCUT2D eigenvalue weighted by Gasteiger charge is 2.27. The number of hydrogen-bond donors (Lipinski definition) is 1. The Morgan fingerprint density at radius 1 is 0.968 bits per heavy atom. The van der Waals surface area contributed by atoms with Crippen LogP contribution in [0.15, 0.2) is 27.6 Å². The highest BCUT2D eigenvalue weighted by Crippen LogP contribution is 2.27. The van der Waals surface area contributed by atoms with Gasteiger partial charge in [-0.15, -0.1) is 10.2 Å². The van der Waals surface area contributed by atoms with Gasteiger partial charge in [-0.2, -0.15) is 0 Å². The van der Waals surface area contributed by atoms with E-state index in [0.717, 1.165) is 24.2 Å². The van der Waals surface area contributed by atoms with Crippen molar-refractivity contribution in [3.8, 4) is 0 Å². The average Bonchev–Trinajstić information content (AvgIpc) is 3.15. The monoisotopic (exact) mass is 477 g/mol. The number of halogens is 5. The first-order chi connectivity index (χ1) is 14.6. The fourth-order valence-corrected chi connectivity index (χ4v) is 4.17. The first-order valence-electron chi connectivity index (χ1n) is 9.15. The van der Waals surface area contributed by atoms with Crippen molar-refractivity contribution in [3.63, 3.8) is 0 Å². The summed E-state index contributed by atoms with van der Waals surface area (Å²) >= 11 is 2.43. The van der Waals surface area contributed by atoms with Crippen molar-refractivity contribution < 1.29 is 26.7 Å². The Balaban J connectivity index is 1.92. The van der Waals surface area contributed by atoms with Gasteiger partial charge in [0.2, 0.25) is 16.9 Å². The molecule has 0 saturated heterocycles. The van der Waals surface area contributed by atoms with Crippen LogP contribution in [0.1, 0.15) is 39.2 Å². The molecule has 168 valence electrons. The molecule has 0 unspecified atom stereocenters. The number of nitrogens with one attached hydrogen (secondary N) is 1. The number of carbonyl (C=O) groups excluding carboxylic acids is 1. The molecule has 0 fully saturated rings. The largest absolute Gasteiger partial charge is 0.300 e. The number of nitrogens with zero attached hydrogens (tertiary/aromatic N) is 2. The first kappa shape index (κ1) is 25.0. The summed E-state index contributed by atoms with van der Waals surface area (Å²) in [7, 11) is 0. The minimum absolute atomic E-state index is 0.0561. The van der Waals surface area contributed by atoms with Gasteiger partial charge in [-0.25, -0.2) is 22.0 Å². The predicted molar refractivity (Wildman–Crippen MR) is 112 cm³/mol. The second-order valence-corrected chi connectivity index (χ2v) is 9.07. The molecule has 31 heavy (non-hydrogen) atoms. The molecule has 0 aliphatic heterocycles. The van der Waals surface area contributed by atoms with Crippen molar-refractivity contribution in [2.75, 3.05) is 11.1 Å². The highest BCUT2D eigenvalue weighted by molar-refractivity contribution is 8.01. The smallest absolute Gasteiger partial charge is 0.230 e. The van der Waals surface area contributed by atoms with E-state index in [1.807, 2.05) is 20.8 Å². The fourth-order valence-electron chi connectivity index (χ4n) is 2.39. The Hall–Kier alpha value is -2.27. The third-order valence-electron chi connectivity index (χ3n) is 4.02. The summed E-state index contributed by atoms with van der Waals surface area (Å²) in [6.45, 7) is 6.12. The first-order valence-corrected chi connectivity index (χ1v) is 11.0. The normalized spacial score (nSPS) is 11.5. The quantitative estimate of drug-likeness (QED) is 0.117. The van der Waals surface area contributed by atoms with Crippen molar-refractivity contribution in [2.24, 2.45) is 0 Å². The Bertz CT molecular complexity index is 987. The third kappa shape index (κ3) is 7.13. The van der Waals surface area contributed by atoms with E-state index in [0.29, 0.717) is 10.1 Å². The van der Waals surface area contributed by atoms with E-state index in [2.05, 4.69) is 27.7 Å². The number of aromatic nitrogens is 2. The van der Waals surface area contributed by atoms with Gasteiger partial charge in [0, 0.05) is 11.3 Å². The number of rotatable bonds is 9. The summed E-state index contributed by atoms with van der Waals surface area (Å²) in [6.07, 6.45) is 5.10. The molecule has 1 aromatic heterocycles. The summed E-state index contributed by atoms with van der Waals surface area (Å²) < 4.78 is 67.5. The van der Waals surface area contributed by atoms with Gasteiger partial charge < -0.3 is 5.32 Å². The molecule has 0 aliphatic rings. The molecular formula is C20H20F5N3OS2. The van der Waals surface area contributed by atoms with Crippen molar-refractivity contribution in [2.45, 2.75) is 44.4 Å². The molecule has 0 bridgehead atoms. The Morgan fingerprint density at radius 3 is 2.19 bits per heavy atom. The molecule has 2 rings (SSSR count). The Morgan fingerprint density at radius 2 is 1.58 bits per heavy atom. The number of anilines is 1. The molecule has 1 heterocycles. The lowest BCUT2D eigenvalue weighted by atomic mass is 10.1. The topological polar surface area (TPSA) is 54.9 Å². The number of amides is 1. The van der Waals surface area contributed by atoms with E-state index in [9.17, 15) is 26.7 Å². The zero-order chi connectivity index (χ0) is 23.1. The molecular weight excluding hydrogens is 457 g/mol. The molecule has 0 aliphatic carbocycles. The molecule has 1 N–H and O–H groups in total. The molecule has 1 aromatic carbocycles. The third-order valence-corrected chi connectivity index (χ3v) is 5.92. The SMILES string of the molecule is CC(C)=CCCC(C)=CCSc1nnc(NC(=O)Cc2c(F)c(F)c(F)c(F)c2F)s1. The average molecular weight is 478 g/mol. The number of allylic oxidation sites excluding steroid dienone is 3. The van der Waals surface area contributed by atoms with E-state index in [4.69, 9.17) is 0 Å². The zero-order valence-corrected chi connectivity index (χ0v) is 18.6. The number of carbonyl (C=O) groups is 1. The van der Waals surface area contributed by atoms with Gasteiger partial charge in [0.05, 0.1) is 6.42 Å². The van der Waals surface area contributed by atoms with Crippen LogP contribution in [0.3, 0.4) is 0 Å². The Labute approximate surface area is 184 Å². The second-order valence-electron chi connectivity index (χ2n) is 6.83. The number of benzene rings is 1. The van der Waals surface area contributed by atoms with E-state index in [1.54, 1.807) is 0 Å². The van der Waals surface area contributed by atoms with Crippen molar-refractivity contribution in [3.05, 3.63) is 57.9 Å². The molecule has 11 heteroatoms. The van der Waals surface area contributed by atoms with Crippen LogP contribution in [-0.2, 0) is 11.2 Å². The molecule has 4 nitrogen and oxygen atoms in total. The minimum atomic E-state index is -2.27. The maximum absolute atomic E-state index is 13.7. The summed E-state index contributed by atoms with van der Waals surface area (Å²) in [5.41, 5.74) is 1.29. The van der Waals surface area contributed by atoms with Crippen LogP contribution >= 0.6 is 23.1 Å². The van der Waals surface area contributed by atoms with Gasteiger partial charge in [0.1, 0.15) is 0 Å². The van der Waals surface area contributed by atoms with E-state index in [-0.39, 0.29) is 5.13 Å². The van der Waals surface area contributed by atoms with E-state index >= 15 is 0 Å². The molecule has 2 aromatic rings. The lowest BCUT2D eigenvalue weighted by Gasteiger charge is -2.07. The molecule has 0 spiro atoms. The van der Waals surface area contributed by atoms with Crippen LogP contribution in [0.4, 0.5) is 27.1 Å². The van der Waals surface area contributed by atoms with E-state index in [1.165, 1.54) is 22.9 Å². The lowest BCUT2D eigenvalue weighted by Crippen LogP contribution is -2.18. The molecule has 0 radical (unpaired) electrons. The van der Waals surface area contributed by atoms with Crippen LogP contribution in [0, 0.1) is 29.1 Å². The van der Waals surface area contributed by atoms with Gasteiger partial charge in [0.15, 0.2) is 27.6 Å². The van der Waals surface area contributed by atoms with Gasteiger partial charge in [-0.05, 0) is 33.6 Å². The molecule has 0 saturated carbocycles. The maximum Gasteiger partial charge on any atom is 0.230 e. The molecule has 1 amide bonds. The fraction of sp³-hybridized carbons (Fsp3) is 0.350. The summed E-state index contributed by atoms with van der Waals surface area (Å²) in [5.74, 6) is -10.9. The van der Waals surface area contributed by atoms with Crippen molar-refractivity contribution >= 4 is 34.1 Å². The van der Waals surface area contributed by atoms with Crippen LogP contribution in [0.2, 0.25) is 0 Å². The standard InChI is InChI=1S/C20H20F5N3OS2/c1-10(2)5-4-6-11(3)7-8-30-20-28-27-19(31-20)26-13(29)9-12-14(21)16(23)18(25)17(24)15(12)22/h5,7H,4,6,8-9H2,1-3H3,(H,26,27,29). The number of hydrogen-bond acceptors (Lipinski definition) is 5. The highest BCUT2D eigenvalue weighted by atomic mass is 32.2.